The molecule has 82 valence electrons. The average Bonchev–Trinajstić information content (AvgIpc) is 2.26. The molecule has 4 heteroatoms. The maximum absolute atomic E-state index is 11.4. The van der Waals surface area contributed by atoms with Crippen molar-refractivity contribution in [2.45, 2.75) is 6.92 Å². The maximum atomic E-state index is 11.4. The summed E-state index contributed by atoms with van der Waals surface area (Å²) in [7, 11) is 0. The molecule has 0 bridgehead atoms. The third kappa shape index (κ3) is 1.95. The summed E-state index contributed by atoms with van der Waals surface area (Å²) in [5.41, 5.74) is 0.290. The van der Waals surface area contributed by atoms with Crippen molar-refractivity contribution in [1.82, 2.24) is 0 Å². The quantitative estimate of drug-likeness (QED) is 0.828. The molecule has 1 N–H and O–H groups in total. The Labute approximate surface area is 96.9 Å². The summed E-state index contributed by atoms with van der Waals surface area (Å²) in [6, 6.07) is 8.16. The molecule has 0 saturated heterocycles. The minimum Gasteiger partial charge on any atom is -0.502 e. The van der Waals surface area contributed by atoms with Gasteiger partial charge in [0, 0.05) is 16.7 Å². The van der Waals surface area contributed by atoms with Crippen LogP contribution in [0.3, 0.4) is 0 Å². The van der Waals surface area contributed by atoms with Crippen molar-refractivity contribution >= 4 is 11.6 Å². The van der Waals surface area contributed by atoms with E-state index in [1.54, 1.807) is 24.3 Å². The van der Waals surface area contributed by atoms with E-state index in [4.69, 9.17) is 16.0 Å². The highest BCUT2D eigenvalue weighted by molar-refractivity contribution is 6.30. The van der Waals surface area contributed by atoms with E-state index >= 15 is 0 Å². The van der Waals surface area contributed by atoms with Gasteiger partial charge in [-0.15, -0.1) is 0 Å². The summed E-state index contributed by atoms with van der Waals surface area (Å²) in [6.45, 7) is 1.54. The molecule has 0 saturated carbocycles. The van der Waals surface area contributed by atoms with Gasteiger partial charge in [0.1, 0.15) is 11.5 Å². The molecule has 0 aliphatic rings. The van der Waals surface area contributed by atoms with Crippen LogP contribution in [-0.4, -0.2) is 5.11 Å². The van der Waals surface area contributed by atoms with Crippen LogP contribution in [0.25, 0.3) is 11.3 Å². The van der Waals surface area contributed by atoms with Gasteiger partial charge in [-0.3, -0.25) is 4.79 Å². The SMILES string of the molecule is Cc1oc(-c2ccc(Cl)cc2)cc(=O)c1O. The third-order valence-electron chi connectivity index (χ3n) is 2.22. The van der Waals surface area contributed by atoms with Gasteiger partial charge in [-0.25, -0.2) is 0 Å². The van der Waals surface area contributed by atoms with Crippen LogP contribution in [0.5, 0.6) is 5.75 Å². The lowest BCUT2D eigenvalue weighted by molar-refractivity contribution is 0.417. The zero-order valence-corrected chi connectivity index (χ0v) is 9.28. The fourth-order valence-electron chi connectivity index (χ4n) is 1.36. The van der Waals surface area contributed by atoms with E-state index in [2.05, 4.69) is 0 Å². The third-order valence-corrected chi connectivity index (χ3v) is 2.47. The predicted molar refractivity (Wildman–Crippen MR) is 61.8 cm³/mol. The molecule has 3 nitrogen and oxygen atoms in total. The highest BCUT2D eigenvalue weighted by Crippen LogP contribution is 2.23. The van der Waals surface area contributed by atoms with Gasteiger partial charge in [-0.05, 0) is 31.2 Å². The van der Waals surface area contributed by atoms with Gasteiger partial charge in [0.25, 0.3) is 0 Å². The van der Waals surface area contributed by atoms with Crippen molar-refractivity contribution in [2.24, 2.45) is 0 Å². The lowest BCUT2D eigenvalue weighted by Gasteiger charge is -2.03. The van der Waals surface area contributed by atoms with Crippen LogP contribution in [0.1, 0.15) is 5.76 Å². The minimum absolute atomic E-state index is 0.206. The topological polar surface area (TPSA) is 50.4 Å². The normalized spacial score (nSPS) is 10.4. The molecule has 0 aliphatic heterocycles. The Morgan fingerprint density at radius 1 is 1.25 bits per heavy atom. The lowest BCUT2D eigenvalue weighted by Crippen LogP contribution is -2.00. The van der Waals surface area contributed by atoms with Crippen molar-refractivity contribution in [2.75, 3.05) is 0 Å². The maximum Gasteiger partial charge on any atom is 0.227 e. The van der Waals surface area contributed by atoms with E-state index in [1.165, 1.54) is 13.0 Å². The molecule has 1 aromatic heterocycles. The molecule has 0 unspecified atom stereocenters. The second-order valence-corrected chi connectivity index (χ2v) is 3.82. The molecule has 2 rings (SSSR count). The molecule has 1 heterocycles. The Morgan fingerprint density at radius 3 is 2.44 bits per heavy atom. The summed E-state index contributed by atoms with van der Waals surface area (Å²) >= 11 is 5.75. The van der Waals surface area contributed by atoms with Gasteiger partial charge >= 0.3 is 0 Å². The van der Waals surface area contributed by atoms with Crippen LogP contribution in [0.2, 0.25) is 5.02 Å². The molecule has 0 atom stereocenters. The zero-order chi connectivity index (χ0) is 11.7. The number of hydrogen-bond acceptors (Lipinski definition) is 3. The Bertz CT molecular complexity index is 570. The lowest BCUT2D eigenvalue weighted by atomic mass is 10.1. The molecule has 0 amide bonds. The monoisotopic (exact) mass is 236 g/mol. The fourth-order valence-corrected chi connectivity index (χ4v) is 1.49. The van der Waals surface area contributed by atoms with Crippen molar-refractivity contribution < 1.29 is 9.52 Å². The van der Waals surface area contributed by atoms with Crippen molar-refractivity contribution in [1.29, 1.82) is 0 Å². The Balaban J connectivity index is 2.57. The van der Waals surface area contributed by atoms with Crippen molar-refractivity contribution in [3.63, 3.8) is 0 Å². The molecule has 0 radical (unpaired) electrons. The first-order valence-corrected chi connectivity index (χ1v) is 5.05. The molecule has 2 aromatic rings. The van der Waals surface area contributed by atoms with Crippen LogP contribution >= 0.6 is 11.6 Å². The predicted octanol–water partition coefficient (Wildman–Crippen LogP) is 2.97. The number of aryl methyl sites for hydroxylation is 1. The van der Waals surface area contributed by atoms with E-state index in [1.807, 2.05) is 0 Å². The molecule has 1 aromatic carbocycles. The Hall–Kier alpha value is -1.74. The number of hydrogen-bond donors (Lipinski definition) is 1. The van der Waals surface area contributed by atoms with Gasteiger partial charge in [-0.2, -0.15) is 0 Å². The number of halogens is 1. The highest BCUT2D eigenvalue weighted by atomic mass is 35.5. The summed E-state index contributed by atoms with van der Waals surface area (Å²) in [5, 5.41) is 9.91. The van der Waals surface area contributed by atoms with E-state index in [0.717, 1.165) is 5.56 Å². The summed E-state index contributed by atoms with van der Waals surface area (Å²) in [6.07, 6.45) is 0. The molecular formula is C12H9ClO3. The first kappa shape index (κ1) is 10.8. The van der Waals surface area contributed by atoms with Gasteiger partial charge < -0.3 is 9.52 Å². The van der Waals surface area contributed by atoms with Crippen LogP contribution in [0, 0.1) is 6.92 Å². The zero-order valence-electron chi connectivity index (χ0n) is 8.53. The minimum atomic E-state index is -0.450. The first-order valence-electron chi connectivity index (χ1n) is 4.67. The molecule has 0 aliphatic carbocycles. The van der Waals surface area contributed by atoms with E-state index < -0.39 is 5.43 Å². The van der Waals surface area contributed by atoms with Crippen LogP contribution in [0.4, 0.5) is 0 Å². The van der Waals surface area contributed by atoms with Gasteiger partial charge in [0.2, 0.25) is 11.2 Å². The fraction of sp³-hybridized carbons (Fsp3) is 0.0833. The summed E-state index contributed by atoms with van der Waals surface area (Å²) in [4.78, 5) is 11.4. The second kappa shape index (κ2) is 4.02. The smallest absolute Gasteiger partial charge is 0.227 e. The Morgan fingerprint density at radius 2 is 1.88 bits per heavy atom. The highest BCUT2D eigenvalue weighted by Gasteiger charge is 2.08. The average molecular weight is 237 g/mol. The summed E-state index contributed by atoms with van der Waals surface area (Å²) < 4.78 is 5.32. The Kier molecular flexibility index (Phi) is 2.71. The molecular weight excluding hydrogens is 228 g/mol. The molecule has 0 fully saturated rings. The van der Waals surface area contributed by atoms with Crippen LogP contribution in [-0.2, 0) is 0 Å². The van der Waals surface area contributed by atoms with E-state index in [-0.39, 0.29) is 11.5 Å². The van der Waals surface area contributed by atoms with E-state index in [0.29, 0.717) is 10.8 Å². The number of rotatable bonds is 1. The van der Waals surface area contributed by atoms with Gasteiger partial charge in [-0.1, -0.05) is 11.6 Å². The summed E-state index contributed by atoms with van der Waals surface area (Å²) in [5.74, 6) is 0.270. The number of aromatic hydroxyl groups is 1. The molecule has 16 heavy (non-hydrogen) atoms. The van der Waals surface area contributed by atoms with E-state index in [9.17, 15) is 9.90 Å². The van der Waals surface area contributed by atoms with Gasteiger partial charge in [0.15, 0.2) is 0 Å². The van der Waals surface area contributed by atoms with Crippen molar-refractivity contribution in [3.8, 4) is 17.1 Å². The number of benzene rings is 1. The standard InChI is InChI=1S/C12H9ClO3/c1-7-12(15)10(14)6-11(16-7)8-2-4-9(13)5-3-8/h2-6,15H,1H3. The first-order chi connectivity index (χ1) is 7.58. The second-order valence-electron chi connectivity index (χ2n) is 3.39. The van der Waals surface area contributed by atoms with Crippen LogP contribution in [0.15, 0.2) is 39.5 Å². The largest absolute Gasteiger partial charge is 0.502 e. The van der Waals surface area contributed by atoms with Crippen LogP contribution < -0.4 is 5.43 Å². The molecule has 0 spiro atoms. The van der Waals surface area contributed by atoms with Crippen molar-refractivity contribution in [3.05, 3.63) is 51.3 Å². The van der Waals surface area contributed by atoms with Gasteiger partial charge in [0.05, 0.1) is 0 Å².